The molecule has 2 aromatic rings. The second-order valence-electron chi connectivity index (χ2n) is 5.31. The van der Waals surface area contributed by atoms with Crippen molar-refractivity contribution in [1.82, 2.24) is 5.32 Å². The average molecular weight is 283 g/mol. The van der Waals surface area contributed by atoms with Crippen LogP contribution >= 0.6 is 0 Å². The average Bonchev–Trinajstić information content (AvgIpc) is 3.27. The third-order valence-electron chi connectivity index (χ3n) is 3.75. The van der Waals surface area contributed by atoms with Crippen LogP contribution in [0, 0.1) is 0 Å². The van der Waals surface area contributed by atoms with Crippen molar-refractivity contribution < 1.29 is 14.6 Å². The van der Waals surface area contributed by atoms with E-state index in [2.05, 4.69) is 5.32 Å². The number of hydrogen-bond donors (Lipinski definition) is 2. The quantitative estimate of drug-likeness (QED) is 0.882. The van der Waals surface area contributed by atoms with Gasteiger partial charge in [0.05, 0.1) is 5.54 Å². The smallest absolute Gasteiger partial charge is 0.405 e. The molecular formula is C17H17NO3. The molecule has 1 aliphatic rings. The maximum atomic E-state index is 10.8. The summed E-state index contributed by atoms with van der Waals surface area (Å²) >= 11 is 0. The van der Waals surface area contributed by atoms with Gasteiger partial charge in [0.15, 0.2) is 0 Å². The first-order valence-electron chi connectivity index (χ1n) is 6.96. The van der Waals surface area contributed by atoms with Crippen molar-refractivity contribution in [3.63, 3.8) is 0 Å². The van der Waals surface area contributed by atoms with E-state index < -0.39 is 6.09 Å². The predicted molar refractivity (Wildman–Crippen MR) is 79.3 cm³/mol. The highest BCUT2D eigenvalue weighted by atomic mass is 16.5. The molecule has 0 heterocycles. The highest BCUT2D eigenvalue weighted by Gasteiger charge is 2.45. The van der Waals surface area contributed by atoms with E-state index in [0.717, 1.165) is 29.7 Å². The Kier molecular flexibility index (Phi) is 3.52. The molecule has 1 amide bonds. The fraction of sp³-hybridized carbons (Fsp3) is 0.235. The van der Waals surface area contributed by atoms with Crippen LogP contribution in [0.4, 0.5) is 4.79 Å². The third kappa shape index (κ3) is 3.16. The molecule has 0 aromatic heterocycles. The zero-order chi connectivity index (χ0) is 14.7. The molecule has 0 aliphatic heterocycles. The van der Waals surface area contributed by atoms with Crippen LogP contribution in [0.3, 0.4) is 0 Å². The van der Waals surface area contributed by atoms with Gasteiger partial charge in [-0.1, -0.05) is 42.5 Å². The molecule has 1 aliphatic carbocycles. The summed E-state index contributed by atoms with van der Waals surface area (Å²) in [6.07, 6.45) is 0.726. The summed E-state index contributed by atoms with van der Waals surface area (Å²) in [6, 6.07) is 17.6. The lowest BCUT2D eigenvalue weighted by Gasteiger charge is -2.16. The second-order valence-corrected chi connectivity index (χ2v) is 5.31. The second kappa shape index (κ2) is 5.48. The van der Waals surface area contributed by atoms with Gasteiger partial charge in [0.25, 0.3) is 0 Å². The number of rotatable bonds is 5. The van der Waals surface area contributed by atoms with Gasteiger partial charge in [-0.2, -0.15) is 0 Å². The summed E-state index contributed by atoms with van der Waals surface area (Å²) in [5, 5.41) is 11.5. The molecule has 0 radical (unpaired) electrons. The summed E-state index contributed by atoms with van der Waals surface area (Å²) in [6.45, 7) is 0.526. The lowest BCUT2D eigenvalue weighted by molar-refractivity contribution is 0.188. The predicted octanol–water partition coefficient (Wildman–Crippen LogP) is 3.52. The van der Waals surface area contributed by atoms with Crippen LogP contribution in [0.5, 0.6) is 5.75 Å². The highest BCUT2D eigenvalue weighted by molar-refractivity contribution is 5.67. The molecule has 0 unspecified atom stereocenters. The van der Waals surface area contributed by atoms with Crippen molar-refractivity contribution in [2.45, 2.75) is 25.0 Å². The number of carboxylic acid groups (broad SMARTS) is 1. The Labute approximate surface area is 123 Å². The molecule has 0 bridgehead atoms. The van der Waals surface area contributed by atoms with E-state index in [1.807, 2.05) is 54.6 Å². The van der Waals surface area contributed by atoms with Gasteiger partial charge in [0.2, 0.25) is 0 Å². The third-order valence-corrected chi connectivity index (χ3v) is 3.75. The molecular weight excluding hydrogens is 266 g/mol. The maximum Gasteiger partial charge on any atom is 0.405 e. The first kappa shape index (κ1) is 13.5. The molecule has 2 aromatic carbocycles. The van der Waals surface area contributed by atoms with Crippen molar-refractivity contribution in [2.75, 3.05) is 0 Å². The molecule has 0 spiro atoms. The molecule has 3 rings (SSSR count). The van der Waals surface area contributed by atoms with Gasteiger partial charge in [-0.15, -0.1) is 0 Å². The minimum atomic E-state index is -0.975. The first-order valence-corrected chi connectivity index (χ1v) is 6.96. The Hall–Kier alpha value is -2.49. The molecule has 4 nitrogen and oxygen atoms in total. The van der Waals surface area contributed by atoms with Gasteiger partial charge in [-0.05, 0) is 36.1 Å². The molecule has 2 N–H and O–H groups in total. The summed E-state index contributed by atoms with van der Waals surface area (Å²) in [7, 11) is 0. The maximum absolute atomic E-state index is 10.8. The van der Waals surface area contributed by atoms with E-state index in [-0.39, 0.29) is 5.54 Å². The van der Waals surface area contributed by atoms with Crippen LogP contribution < -0.4 is 10.1 Å². The minimum Gasteiger partial charge on any atom is -0.489 e. The van der Waals surface area contributed by atoms with E-state index in [1.54, 1.807) is 0 Å². The number of carbonyl (C=O) groups is 1. The molecule has 0 saturated heterocycles. The molecule has 4 heteroatoms. The SMILES string of the molecule is O=C(O)NC1(c2ccc(OCc3ccccc3)cc2)CC1. The van der Waals surface area contributed by atoms with Gasteiger partial charge in [-0.25, -0.2) is 4.79 Å². The Morgan fingerprint density at radius 3 is 2.33 bits per heavy atom. The Bertz CT molecular complexity index is 618. The number of amides is 1. The van der Waals surface area contributed by atoms with Gasteiger partial charge < -0.3 is 15.2 Å². The van der Waals surface area contributed by atoms with E-state index in [4.69, 9.17) is 9.84 Å². The van der Waals surface area contributed by atoms with Crippen LogP contribution in [-0.2, 0) is 12.1 Å². The van der Waals surface area contributed by atoms with E-state index in [1.165, 1.54) is 0 Å². The zero-order valence-electron chi connectivity index (χ0n) is 11.6. The van der Waals surface area contributed by atoms with Crippen molar-refractivity contribution in [3.05, 3.63) is 65.7 Å². The number of nitrogens with one attached hydrogen (secondary N) is 1. The number of ether oxygens (including phenoxy) is 1. The monoisotopic (exact) mass is 283 g/mol. The topological polar surface area (TPSA) is 58.6 Å². The fourth-order valence-electron chi connectivity index (χ4n) is 2.43. The van der Waals surface area contributed by atoms with Crippen LogP contribution in [0.15, 0.2) is 54.6 Å². The molecule has 1 fully saturated rings. The van der Waals surface area contributed by atoms with Gasteiger partial charge >= 0.3 is 6.09 Å². The van der Waals surface area contributed by atoms with Crippen LogP contribution in [0.25, 0.3) is 0 Å². The molecule has 21 heavy (non-hydrogen) atoms. The van der Waals surface area contributed by atoms with E-state index in [9.17, 15) is 4.79 Å². The molecule has 0 atom stereocenters. The largest absolute Gasteiger partial charge is 0.489 e. The van der Waals surface area contributed by atoms with Crippen molar-refractivity contribution in [2.24, 2.45) is 0 Å². The Morgan fingerprint density at radius 2 is 1.76 bits per heavy atom. The summed E-state index contributed by atoms with van der Waals surface area (Å²) < 4.78 is 5.72. The molecule has 108 valence electrons. The lowest BCUT2D eigenvalue weighted by Crippen LogP contribution is -2.33. The standard InChI is InChI=1S/C17H17NO3/c19-16(20)18-17(10-11-17)14-6-8-15(9-7-14)21-12-13-4-2-1-3-5-13/h1-9,18H,10-12H2,(H,19,20). The molecule has 1 saturated carbocycles. The summed E-state index contributed by atoms with van der Waals surface area (Å²) in [4.78, 5) is 10.8. The number of hydrogen-bond acceptors (Lipinski definition) is 2. The normalized spacial score (nSPS) is 15.2. The van der Waals surface area contributed by atoms with Crippen molar-refractivity contribution in [3.8, 4) is 5.75 Å². The van der Waals surface area contributed by atoms with Crippen molar-refractivity contribution >= 4 is 6.09 Å². The van der Waals surface area contributed by atoms with E-state index in [0.29, 0.717) is 6.61 Å². The van der Waals surface area contributed by atoms with Gasteiger partial charge in [0, 0.05) is 0 Å². The van der Waals surface area contributed by atoms with Gasteiger partial charge in [0.1, 0.15) is 12.4 Å². The minimum absolute atomic E-state index is 0.385. The van der Waals surface area contributed by atoms with Crippen LogP contribution in [-0.4, -0.2) is 11.2 Å². The van der Waals surface area contributed by atoms with Crippen molar-refractivity contribution in [1.29, 1.82) is 0 Å². The van der Waals surface area contributed by atoms with E-state index >= 15 is 0 Å². The van der Waals surface area contributed by atoms with Crippen LogP contribution in [0.2, 0.25) is 0 Å². The first-order chi connectivity index (χ1) is 10.2. The Balaban J connectivity index is 1.63. The zero-order valence-corrected chi connectivity index (χ0v) is 11.6. The fourth-order valence-corrected chi connectivity index (χ4v) is 2.43. The highest BCUT2D eigenvalue weighted by Crippen LogP contribution is 2.45. The number of benzene rings is 2. The van der Waals surface area contributed by atoms with Crippen LogP contribution in [0.1, 0.15) is 24.0 Å². The van der Waals surface area contributed by atoms with Gasteiger partial charge in [-0.3, -0.25) is 0 Å². The Morgan fingerprint density at radius 1 is 1.10 bits per heavy atom. The summed E-state index contributed by atoms with van der Waals surface area (Å²) in [5.74, 6) is 0.786. The summed E-state index contributed by atoms with van der Waals surface area (Å²) in [5.41, 5.74) is 1.73. The lowest BCUT2D eigenvalue weighted by atomic mass is 10.1.